The zero-order valence-electron chi connectivity index (χ0n) is 18.8. The molecular weight excluding hydrogens is 434 g/mol. The predicted octanol–water partition coefficient (Wildman–Crippen LogP) is 2.28. The fraction of sp³-hybridized carbons (Fsp3) is 0.500. The summed E-state index contributed by atoms with van der Waals surface area (Å²) in [6, 6.07) is 9.51. The number of nitrogens with zero attached hydrogens (tertiary/aromatic N) is 3. The number of likely N-dealkylation sites (N-methyl/N-ethyl adjacent to an activating group) is 1. The molecule has 1 saturated heterocycles. The Bertz CT molecular complexity index is 1050. The lowest BCUT2D eigenvalue weighted by Gasteiger charge is -2.31. The highest BCUT2D eigenvalue weighted by Gasteiger charge is 2.38. The zero-order chi connectivity index (χ0) is 23.5. The van der Waals surface area contributed by atoms with Crippen molar-refractivity contribution in [2.24, 2.45) is 5.92 Å². The molecule has 1 aliphatic rings. The summed E-state index contributed by atoms with van der Waals surface area (Å²) >= 11 is 0. The largest absolute Gasteiger partial charge is 0.452 e. The molecule has 1 aliphatic heterocycles. The van der Waals surface area contributed by atoms with Crippen molar-refractivity contribution in [3.8, 4) is 0 Å². The van der Waals surface area contributed by atoms with E-state index in [-0.39, 0.29) is 28.8 Å². The number of benzene rings is 1. The Balaban J connectivity index is 1.62. The van der Waals surface area contributed by atoms with E-state index < -0.39 is 28.0 Å². The minimum atomic E-state index is -3.85. The average Bonchev–Trinajstić information content (AvgIpc) is 3.12. The Hall–Kier alpha value is -2.72. The van der Waals surface area contributed by atoms with Crippen LogP contribution in [-0.4, -0.2) is 60.9 Å². The third-order valence-corrected chi connectivity index (χ3v) is 7.67. The number of carbonyl (C=O) groups is 2. The maximum atomic E-state index is 13.1. The molecule has 10 heteroatoms. The SMILES string of the molecule is Cc1noc(C)c1S(=O)(=O)N1CCCC(C(=O)OC(C)C(=O)N(C)Cc2ccccc2)C1. The van der Waals surface area contributed by atoms with Crippen molar-refractivity contribution in [2.75, 3.05) is 20.1 Å². The van der Waals surface area contributed by atoms with E-state index in [1.54, 1.807) is 20.9 Å². The number of sulfonamides is 1. The molecule has 2 aromatic rings. The topological polar surface area (TPSA) is 110 Å². The predicted molar refractivity (Wildman–Crippen MR) is 116 cm³/mol. The van der Waals surface area contributed by atoms with Gasteiger partial charge >= 0.3 is 5.97 Å². The summed E-state index contributed by atoms with van der Waals surface area (Å²) in [5.74, 6) is -1.32. The molecule has 0 spiro atoms. The maximum Gasteiger partial charge on any atom is 0.311 e. The van der Waals surface area contributed by atoms with Gasteiger partial charge < -0.3 is 14.2 Å². The van der Waals surface area contributed by atoms with Gasteiger partial charge in [-0.2, -0.15) is 4.31 Å². The lowest BCUT2D eigenvalue weighted by atomic mass is 10.00. The second-order valence-electron chi connectivity index (χ2n) is 8.11. The van der Waals surface area contributed by atoms with Crippen LogP contribution in [0.3, 0.4) is 0 Å². The number of ether oxygens (including phenoxy) is 1. The van der Waals surface area contributed by atoms with Gasteiger partial charge in [0.2, 0.25) is 10.0 Å². The summed E-state index contributed by atoms with van der Waals surface area (Å²) in [6.45, 7) is 5.33. The molecule has 32 heavy (non-hydrogen) atoms. The molecule has 1 aromatic carbocycles. The highest BCUT2D eigenvalue weighted by Crippen LogP contribution is 2.28. The van der Waals surface area contributed by atoms with Crippen molar-refractivity contribution in [1.82, 2.24) is 14.4 Å². The van der Waals surface area contributed by atoms with Crippen molar-refractivity contribution >= 4 is 21.9 Å². The van der Waals surface area contributed by atoms with Crippen LogP contribution < -0.4 is 0 Å². The third kappa shape index (κ3) is 5.18. The van der Waals surface area contributed by atoms with Crippen LogP contribution in [0.5, 0.6) is 0 Å². The van der Waals surface area contributed by atoms with E-state index in [1.807, 2.05) is 30.3 Å². The van der Waals surface area contributed by atoms with Crippen molar-refractivity contribution in [3.05, 3.63) is 47.3 Å². The summed E-state index contributed by atoms with van der Waals surface area (Å²) < 4.78 is 37.8. The molecule has 3 rings (SSSR count). The molecule has 0 aliphatic carbocycles. The Labute approximate surface area is 188 Å². The van der Waals surface area contributed by atoms with Gasteiger partial charge in [-0.3, -0.25) is 9.59 Å². The van der Waals surface area contributed by atoms with Gasteiger partial charge in [-0.1, -0.05) is 35.5 Å². The molecule has 0 radical (unpaired) electrons. The number of aromatic nitrogens is 1. The molecular formula is C22H29N3O6S. The van der Waals surface area contributed by atoms with Gasteiger partial charge in [0, 0.05) is 26.7 Å². The van der Waals surface area contributed by atoms with Crippen molar-refractivity contribution in [1.29, 1.82) is 0 Å². The van der Waals surface area contributed by atoms with Crippen LogP contribution in [0.15, 0.2) is 39.8 Å². The van der Waals surface area contributed by atoms with Gasteiger partial charge in [0.05, 0.1) is 5.92 Å². The molecule has 2 unspecified atom stereocenters. The Morgan fingerprint density at radius 3 is 2.59 bits per heavy atom. The van der Waals surface area contributed by atoms with E-state index in [1.165, 1.54) is 16.1 Å². The summed E-state index contributed by atoms with van der Waals surface area (Å²) in [4.78, 5) is 26.9. The number of carbonyl (C=O) groups excluding carboxylic acids is 2. The quantitative estimate of drug-likeness (QED) is 0.579. The van der Waals surface area contributed by atoms with E-state index in [0.29, 0.717) is 25.9 Å². The molecule has 0 bridgehead atoms. The summed E-state index contributed by atoms with van der Waals surface area (Å²) in [6.07, 6.45) is 0.0389. The number of esters is 1. The van der Waals surface area contributed by atoms with E-state index in [4.69, 9.17) is 9.26 Å². The average molecular weight is 464 g/mol. The second-order valence-corrected chi connectivity index (χ2v) is 9.99. The summed E-state index contributed by atoms with van der Waals surface area (Å²) in [5, 5.41) is 3.72. The van der Waals surface area contributed by atoms with Crippen molar-refractivity contribution in [3.63, 3.8) is 0 Å². The van der Waals surface area contributed by atoms with Gasteiger partial charge in [-0.25, -0.2) is 8.42 Å². The van der Waals surface area contributed by atoms with Crippen LogP contribution in [-0.2, 0) is 30.9 Å². The molecule has 1 aromatic heterocycles. The molecule has 174 valence electrons. The van der Waals surface area contributed by atoms with Crippen molar-refractivity contribution < 1.29 is 27.3 Å². The monoisotopic (exact) mass is 463 g/mol. The van der Waals surface area contributed by atoms with E-state index in [0.717, 1.165) is 5.56 Å². The number of rotatable bonds is 7. The van der Waals surface area contributed by atoms with Crippen LogP contribution in [0, 0.1) is 19.8 Å². The number of piperidine rings is 1. The molecule has 2 heterocycles. The van der Waals surface area contributed by atoms with Crippen LogP contribution in [0.1, 0.15) is 36.8 Å². The van der Waals surface area contributed by atoms with Gasteiger partial charge in [0.1, 0.15) is 10.6 Å². The van der Waals surface area contributed by atoms with E-state index in [9.17, 15) is 18.0 Å². The summed E-state index contributed by atoms with van der Waals surface area (Å²) in [7, 11) is -2.19. The fourth-order valence-electron chi connectivity index (χ4n) is 3.89. The van der Waals surface area contributed by atoms with Crippen LogP contribution >= 0.6 is 0 Å². The number of aryl methyl sites for hydroxylation is 2. The van der Waals surface area contributed by atoms with Gasteiger partial charge in [-0.15, -0.1) is 0 Å². The van der Waals surface area contributed by atoms with Crippen molar-refractivity contribution in [2.45, 2.75) is 51.2 Å². The normalized spacial score (nSPS) is 18.2. The summed E-state index contributed by atoms with van der Waals surface area (Å²) in [5.41, 5.74) is 1.25. The Morgan fingerprint density at radius 2 is 1.97 bits per heavy atom. The molecule has 0 N–H and O–H groups in total. The fourth-order valence-corrected chi connectivity index (χ4v) is 5.71. The number of hydrogen-bond acceptors (Lipinski definition) is 7. The second kappa shape index (κ2) is 9.83. The highest BCUT2D eigenvalue weighted by atomic mass is 32.2. The lowest BCUT2D eigenvalue weighted by Crippen LogP contribution is -2.44. The first-order chi connectivity index (χ1) is 15.1. The van der Waals surface area contributed by atoms with Gasteiger partial charge in [-0.05, 0) is 39.2 Å². The maximum absolute atomic E-state index is 13.1. The van der Waals surface area contributed by atoms with Crippen LogP contribution in [0.2, 0.25) is 0 Å². The smallest absolute Gasteiger partial charge is 0.311 e. The molecule has 9 nitrogen and oxygen atoms in total. The van der Waals surface area contributed by atoms with Crippen LogP contribution in [0.4, 0.5) is 0 Å². The first-order valence-corrected chi connectivity index (χ1v) is 12.0. The Kier molecular flexibility index (Phi) is 7.35. The lowest BCUT2D eigenvalue weighted by molar-refractivity contribution is -0.163. The first-order valence-electron chi connectivity index (χ1n) is 10.5. The molecule has 1 fully saturated rings. The minimum absolute atomic E-state index is 0.00794. The highest BCUT2D eigenvalue weighted by molar-refractivity contribution is 7.89. The van der Waals surface area contributed by atoms with E-state index >= 15 is 0 Å². The first kappa shape index (κ1) is 23.9. The van der Waals surface area contributed by atoms with Gasteiger partial charge in [0.25, 0.3) is 5.91 Å². The Morgan fingerprint density at radius 1 is 1.28 bits per heavy atom. The standard InChI is InChI=1S/C22H29N3O6S/c1-15-20(16(2)31-23-15)32(28,29)25-12-8-11-19(14-25)22(27)30-17(3)21(26)24(4)13-18-9-6-5-7-10-18/h5-7,9-10,17,19H,8,11-14H2,1-4H3. The molecule has 2 atom stereocenters. The number of hydrogen-bond donors (Lipinski definition) is 0. The van der Waals surface area contributed by atoms with Crippen LogP contribution in [0.25, 0.3) is 0 Å². The third-order valence-electron chi connectivity index (χ3n) is 5.56. The minimum Gasteiger partial charge on any atom is -0.452 e. The molecule has 0 saturated carbocycles. The van der Waals surface area contributed by atoms with Gasteiger partial charge in [0.15, 0.2) is 11.9 Å². The molecule has 1 amide bonds. The van der Waals surface area contributed by atoms with E-state index in [2.05, 4.69) is 5.16 Å². The zero-order valence-corrected chi connectivity index (χ0v) is 19.6. The number of amides is 1.